The van der Waals surface area contributed by atoms with Crippen LogP contribution in [0.2, 0.25) is 5.02 Å². The molecule has 1 aromatic heterocycles. The molecular weight excluding hydrogens is 294 g/mol. The van der Waals surface area contributed by atoms with Crippen molar-refractivity contribution in [1.82, 2.24) is 14.9 Å². The van der Waals surface area contributed by atoms with E-state index in [4.69, 9.17) is 11.6 Å². The van der Waals surface area contributed by atoms with E-state index in [2.05, 4.69) is 9.97 Å². The monoisotopic (exact) mass is 305 g/mol. The first-order valence-electron chi connectivity index (χ1n) is 6.20. The summed E-state index contributed by atoms with van der Waals surface area (Å²) in [6.45, 7) is 0.706. The van der Waals surface area contributed by atoms with Crippen LogP contribution in [0.1, 0.15) is 21.4 Å². The molecule has 20 heavy (non-hydrogen) atoms. The Morgan fingerprint density at radius 1 is 1.40 bits per heavy atom. The third kappa shape index (κ3) is 2.64. The molecule has 0 bridgehead atoms. The minimum atomic E-state index is -0.0897. The lowest BCUT2D eigenvalue weighted by Crippen LogP contribution is -2.31. The Kier molecular flexibility index (Phi) is 3.89. The zero-order chi connectivity index (χ0) is 13.9. The van der Waals surface area contributed by atoms with Crippen molar-refractivity contribution < 1.29 is 4.79 Å². The molecule has 1 fully saturated rings. The predicted octanol–water partition coefficient (Wildman–Crippen LogP) is 3.02. The van der Waals surface area contributed by atoms with Gasteiger partial charge in [-0.25, -0.2) is 4.98 Å². The third-order valence-corrected chi connectivity index (χ3v) is 4.56. The number of carbonyl (C=O) groups excluding carboxylic acids is 1. The maximum absolute atomic E-state index is 12.5. The van der Waals surface area contributed by atoms with Gasteiger partial charge in [-0.2, -0.15) is 0 Å². The molecule has 1 atom stereocenters. The maximum atomic E-state index is 12.5. The van der Waals surface area contributed by atoms with Crippen LogP contribution in [0.5, 0.6) is 0 Å². The van der Waals surface area contributed by atoms with Gasteiger partial charge in [0.1, 0.15) is 11.1 Å². The topological polar surface area (TPSA) is 46.1 Å². The predicted molar refractivity (Wildman–Crippen MR) is 79.7 cm³/mol. The Bertz CT molecular complexity index is 623. The average Bonchev–Trinajstić information content (AvgIpc) is 2.97. The zero-order valence-corrected chi connectivity index (χ0v) is 12.1. The summed E-state index contributed by atoms with van der Waals surface area (Å²) in [6, 6.07) is 7.63. The highest BCUT2D eigenvalue weighted by molar-refractivity contribution is 7.99. The van der Waals surface area contributed by atoms with Gasteiger partial charge >= 0.3 is 0 Å². The Hall–Kier alpha value is -1.59. The maximum Gasteiger partial charge on any atom is 0.275 e. The molecule has 4 nitrogen and oxygen atoms in total. The van der Waals surface area contributed by atoms with Crippen LogP contribution < -0.4 is 0 Å². The fourth-order valence-corrected chi connectivity index (χ4v) is 3.62. The number of halogens is 1. The summed E-state index contributed by atoms with van der Waals surface area (Å²) in [5.41, 5.74) is 1.42. The summed E-state index contributed by atoms with van der Waals surface area (Å²) in [6.07, 6.45) is 4.59. The van der Waals surface area contributed by atoms with Crippen molar-refractivity contribution in [3.05, 3.63) is 59.1 Å². The molecule has 2 aromatic rings. The molecule has 1 saturated heterocycles. The molecule has 102 valence electrons. The molecule has 0 aliphatic carbocycles. The molecule has 0 saturated carbocycles. The number of aromatic nitrogens is 2. The first kappa shape index (κ1) is 13.4. The van der Waals surface area contributed by atoms with E-state index >= 15 is 0 Å². The third-order valence-electron chi connectivity index (χ3n) is 3.07. The quantitative estimate of drug-likeness (QED) is 0.855. The fraction of sp³-hybridized carbons (Fsp3) is 0.214. The first-order chi connectivity index (χ1) is 9.75. The normalized spacial score (nSPS) is 18.2. The highest BCUT2D eigenvalue weighted by Crippen LogP contribution is 2.39. The van der Waals surface area contributed by atoms with Gasteiger partial charge in [-0.3, -0.25) is 9.78 Å². The summed E-state index contributed by atoms with van der Waals surface area (Å²) in [5.74, 6) is 0.816. The summed E-state index contributed by atoms with van der Waals surface area (Å²) in [4.78, 5) is 22.3. The van der Waals surface area contributed by atoms with E-state index in [1.807, 2.05) is 29.2 Å². The van der Waals surface area contributed by atoms with Crippen LogP contribution in [-0.4, -0.2) is 33.1 Å². The van der Waals surface area contributed by atoms with E-state index < -0.39 is 0 Å². The van der Waals surface area contributed by atoms with Crippen LogP contribution in [0.25, 0.3) is 0 Å². The number of benzene rings is 1. The summed E-state index contributed by atoms with van der Waals surface area (Å²) in [7, 11) is 0. The van der Waals surface area contributed by atoms with Gasteiger partial charge in [0.15, 0.2) is 0 Å². The molecule has 1 aliphatic rings. The zero-order valence-electron chi connectivity index (χ0n) is 10.6. The highest BCUT2D eigenvalue weighted by Gasteiger charge is 2.31. The number of hydrogen-bond acceptors (Lipinski definition) is 4. The van der Waals surface area contributed by atoms with Gasteiger partial charge in [0.25, 0.3) is 5.91 Å². The molecule has 2 heterocycles. The minimum absolute atomic E-state index is 0.0109. The van der Waals surface area contributed by atoms with Crippen LogP contribution >= 0.6 is 23.4 Å². The molecule has 6 heteroatoms. The Morgan fingerprint density at radius 2 is 2.30 bits per heavy atom. The lowest BCUT2D eigenvalue weighted by Gasteiger charge is -2.23. The minimum Gasteiger partial charge on any atom is -0.320 e. The van der Waals surface area contributed by atoms with Gasteiger partial charge in [0.05, 0.1) is 6.20 Å². The molecule has 1 amide bonds. The number of hydrogen-bond donors (Lipinski definition) is 0. The van der Waals surface area contributed by atoms with E-state index in [0.717, 1.165) is 11.3 Å². The number of nitrogens with zero attached hydrogens (tertiary/aromatic N) is 3. The lowest BCUT2D eigenvalue weighted by atomic mass is 10.2. The van der Waals surface area contributed by atoms with Crippen molar-refractivity contribution in [2.45, 2.75) is 5.37 Å². The highest BCUT2D eigenvalue weighted by atomic mass is 35.5. The average molecular weight is 306 g/mol. The van der Waals surface area contributed by atoms with Crippen molar-refractivity contribution in [3.8, 4) is 0 Å². The number of carbonyl (C=O) groups is 1. The molecule has 0 radical (unpaired) electrons. The van der Waals surface area contributed by atoms with Crippen LogP contribution in [0.3, 0.4) is 0 Å². The second-order valence-corrected chi connectivity index (χ2v) is 5.99. The van der Waals surface area contributed by atoms with Gasteiger partial charge < -0.3 is 4.90 Å². The van der Waals surface area contributed by atoms with Crippen molar-refractivity contribution in [2.24, 2.45) is 0 Å². The largest absolute Gasteiger partial charge is 0.320 e. The van der Waals surface area contributed by atoms with Gasteiger partial charge in [-0.15, -0.1) is 11.8 Å². The molecule has 0 N–H and O–H groups in total. The van der Waals surface area contributed by atoms with E-state index in [9.17, 15) is 4.79 Å². The van der Waals surface area contributed by atoms with E-state index in [-0.39, 0.29) is 11.3 Å². The molecule has 0 spiro atoms. The van der Waals surface area contributed by atoms with Gasteiger partial charge in [-0.05, 0) is 17.7 Å². The van der Waals surface area contributed by atoms with Gasteiger partial charge in [0.2, 0.25) is 0 Å². The van der Waals surface area contributed by atoms with E-state index in [1.165, 1.54) is 12.4 Å². The first-order valence-corrected chi connectivity index (χ1v) is 7.62. The SMILES string of the molecule is O=C(c1cnccn1)N1CCSC1c1cccc(Cl)c1. The molecule has 1 unspecified atom stereocenters. The standard InChI is InChI=1S/C14H12ClN3OS/c15-11-3-1-2-10(8-11)14-18(6-7-20-14)13(19)12-9-16-4-5-17-12/h1-5,8-9,14H,6-7H2. The van der Waals surface area contributed by atoms with Crippen molar-refractivity contribution in [1.29, 1.82) is 0 Å². The Morgan fingerprint density at radius 3 is 3.05 bits per heavy atom. The molecular formula is C14H12ClN3OS. The Balaban J connectivity index is 1.88. The van der Waals surface area contributed by atoms with Crippen molar-refractivity contribution in [2.75, 3.05) is 12.3 Å². The number of amides is 1. The number of rotatable bonds is 2. The van der Waals surface area contributed by atoms with Crippen LogP contribution in [0.4, 0.5) is 0 Å². The van der Waals surface area contributed by atoms with Crippen molar-refractivity contribution >= 4 is 29.3 Å². The van der Waals surface area contributed by atoms with Crippen molar-refractivity contribution in [3.63, 3.8) is 0 Å². The van der Waals surface area contributed by atoms with Gasteiger partial charge in [0, 0.05) is 29.7 Å². The Labute approximate surface area is 126 Å². The van der Waals surface area contributed by atoms with Crippen LogP contribution in [-0.2, 0) is 0 Å². The second kappa shape index (κ2) is 5.81. The van der Waals surface area contributed by atoms with Crippen LogP contribution in [0.15, 0.2) is 42.9 Å². The van der Waals surface area contributed by atoms with E-state index in [1.54, 1.807) is 18.0 Å². The smallest absolute Gasteiger partial charge is 0.275 e. The van der Waals surface area contributed by atoms with E-state index in [0.29, 0.717) is 17.3 Å². The lowest BCUT2D eigenvalue weighted by molar-refractivity contribution is 0.0754. The molecule has 1 aromatic carbocycles. The number of thioether (sulfide) groups is 1. The molecule has 1 aliphatic heterocycles. The van der Waals surface area contributed by atoms with Crippen LogP contribution in [0, 0.1) is 0 Å². The second-order valence-electron chi connectivity index (χ2n) is 4.37. The summed E-state index contributed by atoms with van der Waals surface area (Å²) >= 11 is 7.77. The van der Waals surface area contributed by atoms with Gasteiger partial charge in [-0.1, -0.05) is 23.7 Å². The summed E-state index contributed by atoms with van der Waals surface area (Å²) in [5, 5.41) is 0.671. The molecule has 3 rings (SSSR count). The fourth-order valence-electron chi connectivity index (χ4n) is 2.17. The summed E-state index contributed by atoms with van der Waals surface area (Å²) < 4.78 is 0.